The summed E-state index contributed by atoms with van der Waals surface area (Å²) in [6.07, 6.45) is 5.90. The maximum Gasteiger partial charge on any atom is 0.387 e. The summed E-state index contributed by atoms with van der Waals surface area (Å²) in [6, 6.07) is 6.15. The van der Waals surface area contributed by atoms with Crippen LogP contribution in [0.5, 0.6) is 5.75 Å². The summed E-state index contributed by atoms with van der Waals surface area (Å²) >= 11 is 0. The molecule has 0 radical (unpaired) electrons. The normalized spacial score (nSPS) is 21.0. The van der Waals surface area contributed by atoms with Gasteiger partial charge in [0.25, 0.3) is 5.91 Å². The third-order valence-electron chi connectivity index (χ3n) is 4.04. The van der Waals surface area contributed by atoms with Crippen LogP contribution in [0.3, 0.4) is 0 Å². The van der Waals surface area contributed by atoms with Gasteiger partial charge in [0.15, 0.2) is 6.61 Å². The molecule has 0 heterocycles. The highest BCUT2D eigenvalue weighted by atomic mass is 19.3. The van der Waals surface area contributed by atoms with Gasteiger partial charge in [0, 0.05) is 6.04 Å². The third kappa shape index (κ3) is 6.14. The van der Waals surface area contributed by atoms with E-state index in [2.05, 4.69) is 22.1 Å². The van der Waals surface area contributed by atoms with E-state index < -0.39 is 6.61 Å². The van der Waals surface area contributed by atoms with Gasteiger partial charge >= 0.3 is 6.61 Å². The van der Waals surface area contributed by atoms with Crippen LogP contribution in [-0.2, 0) is 9.63 Å². The zero-order chi connectivity index (χ0) is 17.4. The molecule has 1 aliphatic rings. The number of nitrogens with zero attached hydrogens (tertiary/aromatic N) is 1. The van der Waals surface area contributed by atoms with Crippen LogP contribution < -0.4 is 10.1 Å². The first-order valence-electron chi connectivity index (χ1n) is 8.04. The van der Waals surface area contributed by atoms with Gasteiger partial charge < -0.3 is 14.9 Å². The smallest absolute Gasteiger partial charge is 0.387 e. The third-order valence-corrected chi connectivity index (χ3v) is 4.04. The second-order valence-electron chi connectivity index (χ2n) is 5.89. The second-order valence-corrected chi connectivity index (χ2v) is 5.89. The summed E-state index contributed by atoms with van der Waals surface area (Å²) in [4.78, 5) is 16.8. The van der Waals surface area contributed by atoms with Gasteiger partial charge in [-0.1, -0.05) is 24.9 Å². The molecule has 1 saturated carbocycles. The molecule has 2 unspecified atom stereocenters. The first-order valence-corrected chi connectivity index (χ1v) is 8.04. The summed E-state index contributed by atoms with van der Waals surface area (Å²) in [7, 11) is 0. The molecule has 7 heteroatoms. The molecule has 2 rings (SSSR count). The zero-order valence-electron chi connectivity index (χ0n) is 13.6. The Morgan fingerprint density at radius 2 is 2.04 bits per heavy atom. The number of alkyl halides is 2. The van der Waals surface area contributed by atoms with Gasteiger partial charge in [0.05, 0.1) is 6.21 Å². The van der Waals surface area contributed by atoms with Crippen molar-refractivity contribution in [3.05, 3.63) is 29.8 Å². The molecule has 1 fully saturated rings. The zero-order valence-corrected chi connectivity index (χ0v) is 13.6. The fourth-order valence-electron chi connectivity index (χ4n) is 2.71. The molecule has 0 saturated heterocycles. The standard InChI is InChI=1S/C17H22F2N2O3/c1-12-4-2-3-5-15(12)21-16(22)11-23-20-10-13-6-8-14(9-7-13)24-17(18)19/h6-10,12,15,17H,2-5,11H2,1H3,(H,21,22)/b20-10+. The Morgan fingerprint density at radius 1 is 1.33 bits per heavy atom. The lowest BCUT2D eigenvalue weighted by Gasteiger charge is -2.29. The van der Waals surface area contributed by atoms with Crippen LogP contribution >= 0.6 is 0 Å². The Bertz CT molecular complexity index is 549. The maximum absolute atomic E-state index is 12.0. The van der Waals surface area contributed by atoms with Gasteiger partial charge in [-0.15, -0.1) is 0 Å². The van der Waals surface area contributed by atoms with Gasteiger partial charge in [-0.05, 0) is 48.6 Å². The molecule has 1 aromatic rings. The van der Waals surface area contributed by atoms with E-state index in [0.29, 0.717) is 11.5 Å². The molecule has 0 aromatic heterocycles. The molecule has 24 heavy (non-hydrogen) atoms. The van der Waals surface area contributed by atoms with Crippen molar-refractivity contribution >= 4 is 12.1 Å². The summed E-state index contributed by atoms with van der Waals surface area (Å²) in [5.74, 6) is 0.371. The Kier molecular flexibility index (Phi) is 6.96. The van der Waals surface area contributed by atoms with Crippen molar-refractivity contribution in [3.63, 3.8) is 0 Å². The molecule has 2 atom stereocenters. The van der Waals surface area contributed by atoms with Crippen molar-refractivity contribution < 1.29 is 23.1 Å². The largest absolute Gasteiger partial charge is 0.435 e. The molecule has 0 bridgehead atoms. The van der Waals surface area contributed by atoms with Crippen molar-refractivity contribution in [2.24, 2.45) is 11.1 Å². The molecular weight excluding hydrogens is 318 g/mol. The minimum absolute atomic E-state index is 0.0732. The number of halogens is 2. The van der Waals surface area contributed by atoms with E-state index in [9.17, 15) is 13.6 Å². The monoisotopic (exact) mass is 340 g/mol. The minimum Gasteiger partial charge on any atom is -0.435 e. The van der Waals surface area contributed by atoms with Crippen LogP contribution in [0.1, 0.15) is 38.2 Å². The molecule has 0 aliphatic heterocycles. The molecule has 132 valence electrons. The summed E-state index contributed by atoms with van der Waals surface area (Å²) in [6.45, 7) is -0.852. The number of ether oxygens (including phenoxy) is 1. The molecule has 0 spiro atoms. The van der Waals surface area contributed by atoms with E-state index in [4.69, 9.17) is 4.84 Å². The van der Waals surface area contributed by atoms with Crippen molar-refractivity contribution in [2.75, 3.05) is 6.61 Å². The number of nitrogens with one attached hydrogen (secondary N) is 1. The highest BCUT2D eigenvalue weighted by molar-refractivity contribution is 5.80. The van der Waals surface area contributed by atoms with E-state index in [1.165, 1.54) is 24.8 Å². The van der Waals surface area contributed by atoms with E-state index in [0.717, 1.165) is 19.3 Å². The fourth-order valence-corrected chi connectivity index (χ4v) is 2.71. The fraction of sp³-hybridized carbons (Fsp3) is 0.529. The topological polar surface area (TPSA) is 59.9 Å². The highest BCUT2D eigenvalue weighted by Crippen LogP contribution is 2.23. The van der Waals surface area contributed by atoms with Gasteiger partial charge in [0.1, 0.15) is 5.75 Å². The van der Waals surface area contributed by atoms with Crippen molar-refractivity contribution in [1.29, 1.82) is 0 Å². The van der Waals surface area contributed by atoms with Gasteiger partial charge in [-0.2, -0.15) is 8.78 Å². The lowest BCUT2D eigenvalue weighted by molar-refractivity contribution is -0.126. The number of benzene rings is 1. The van der Waals surface area contributed by atoms with Gasteiger partial charge in [-0.25, -0.2) is 0 Å². The number of hydrogen-bond donors (Lipinski definition) is 1. The first-order chi connectivity index (χ1) is 11.5. The number of carbonyl (C=O) groups is 1. The first kappa shape index (κ1) is 18.2. The molecule has 1 aliphatic carbocycles. The van der Waals surface area contributed by atoms with Crippen molar-refractivity contribution in [3.8, 4) is 5.75 Å². The SMILES string of the molecule is CC1CCCCC1NC(=O)CO/N=C/c1ccc(OC(F)F)cc1. The Morgan fingerprint density at radius 3 is 2.71 bits per heavy atom. The Hall–Kier alpha value is -2.18. The quantitative estimate of drug-likeness (QED) is 0.612. The minimum atomic E-state index is -2.85. The average molecular weight is 340 g/mol. The van der Waals surface area contributed by atoms with E-state index in [-0.39, 0.29) is 24.3 Å². The summed E-state index contributed by atoms with van der Waals surface area (Å²) in [5.41, 5.74) is 0.651. The van der Waals surface area contributed by atoms with Crippen LogP contribution in [0, 0.1) is 5.92 Å². The number of hydrogen-bond acceptors (Lipinski definition) is 4. The molecule has 1 amide bonds. The van der Waals surface area contributed by atoms with Crippen molar-refractivity contribution in [1.82, 2.24) is 5.32 Å². The second kappa shape index (κ2) is 9.20. The van der Waals surface area contributed by atoms with Crippen LogP contribution in [0.25, 0.3) is 0 Å². The Balaban J connectivity index is 1.70. The van der Waals surface area contributed by atoms with Crippen LogP contribution in [0.15, 0.2) is 29.4 Å². The van der Waals surface area contributed by atoms with E-state index in [1.54, 1.807) is 12.1 Å². The Labute approximate surface area is 140 Å². The number of oxime groups is 1. The number of rotatable bonds is 7. The summed E-state index contributed by atoms with van der Waals surface area (Å²) < 4.78 is 28.3. The number of carbonyl (C=O) groups excluding carboxylic acids is 1. The molecular formula is C17H22F2N2O3. The van der Waals surface area contributed by atoms with E-state index >= 15 is 0 Å². The van der Waals surface area contributed by atoms with Crippen LogP contribution in [0.2, 0.25) is 0 Å². The van der Waals surface area contributed by atoms with Gasteiger partial charge in [-0.3, -0.25) is 4.79 Å². The van der Waals surface area contributed by atoms with Crippen LogP contribution in [-0.4, -0.2) is 31.4 Å². The van der Waals surface area contributed by atoms with Gasteiger partial charge in [0.2, 0.25) is 0 Å². The van der Waals surface area contributed by atoms with Crippen LogP contribution in [0.4, 0.5) is 8.78 Å². The predicted molar refractivity (Wildman–Crippen MR) is 86.2 cm³/mol. The molecule has 1 aromatic carbocycles. The lowest BCUT2D eigenvalue weighted by Crippen LogP contribution is -2.42. The average Bonchev–Trinajstić information content (AvgIpc) is 2.55. The van der Waals surface area contributed by atoms with E-state index in [1.807, 2.05) is 0 Å². The number of amides is 1. The summed E-state index contributed by atoms with van der Waals surface area (Å²) in [5, 5.41) is 6.68. The lowest BCUT2D eigenvalue weighted by atomic mass is 9.86. The maximum atomic E-state index is 12.0. The predicted octanol–water partition coefficient (Wildman–Crippen LogP) is 3.33. The highest BCUT2D eigenvalue weighted by Gasteiger charge is 2.22. The van der Waals surface area contributed by atoms with Crippen molar-refractivity contribution in [2.45, 2.75) is 45.3 Å². The molecule has 5 nitrogen and oxygen atoms in total. The molecule has 1 N–H and O–H groups in total.